The second-order valence-corrected chi connectivity index (χ2v) is 4.71. The predicted molar refractivity (Wildman–Crippen MR) is 87.9 cm³/mol. The van der Waals surface area contributed by atoms with E-state index in [0.717, 1.165) is 5.56 Å². The van der Waals surface area contributed by atoms with Gasteiger partial charge in [-0.25, -0.2) is 0 Å². The Morgan fingerprint density at radius 2 is 1.52 bits per heavy atom. The molecule has 2 aromatic rings. The van der Waals surface area contributed by atoms with Crippen molar-refractivity contribution >= 4 is 5.84 Å². The molecule has 2 aromatic carbocycles. The molecule has 23 heavy (non-hydrogen) atoms. The number of nitrogens with one attached hydrogen (secondary N) is 1. The lowest BCUT2D eigenvalue weighted by atomic mass is 10.1. The second-order valence-electron chi connectivity index (χ2n) is 4.71. The highest BCUT2D eigenvalue weighted by Gasteiger charge is 2.13. The van der Waals surface area contributed by atoms with E-state index in [0.29, 0.717) is 28.6 Å². The zero-order valence-corrected chi connectivity index (χ0v) is 13.4. The van der Waals surface area contributed by atoms with Crippen molar-refractivity contribution in [3.05, 3.63) is 47.5 Å². The van der Waals surface area contributed by atoms with Gasteiger partial charge in [-0.05, 0) is 30.3 Å². The van der Waals surface area contributed by atoms with Crippen LogP contribution in [0.15, 0.2) is 36.4 Å². The molecule has 0 aromatic heterocycles. The highest BCUT2D eigenvalue weighted by molar-refractivity contribution is 5.95. The lowest BCUT2D eigenvalue weighted by Crippen LogP contribution is -2.11. The summed E-state index contributed by atoms with van der Waals surface area (Å²) in [5.74, 6) is 2.39. The number of amidine groups is 1. The van der Waals surface area contributed by atoms with E-state index >= 15 is 0 Å². The van der Waals surface area contributed by atoms with Gasteiger partial charge in [0.1, 0.15) is 23.9 Å². The van der Waals surface area contributed by atoms with E-state index in [-0.39, 0.29) is 12.4 Å². The van der Waals surface area contributed by atoms with E-state index < -0.39 is 0 Å². The van der Waals surface area contributed by atoms with E-state index in [9.17, 15) is 0 Å². The molecule has 0 spiro atoms. The molecule has 0 aliphatic rings. The van der Waals surface area contributed by atoms with Crippen LogP contribution in [0, 0.1) is 5.41 Å². The number of benzene rings is 2. The van der Waals surface area contributed by atoms with Crippen molar-refractivity contribution in [2.24, 2.45) is 5.73 Å². The monoisotopic (exact) mass is 316 g/mol. The number of rotatable bonds is 7. The molecule has 122 valence electrons. The molecule has 6 nitrogen and oxygen atoms in total. The van der Waals surface area contributed by atoms with Crippen LogP contribution in [0.4, 0.5) is 0 Å². The first-order chi connectivity index (χ1) is 11.1. The van der Waals surface area contributed by atoms with Gasteiger partial charge in [-0.1, -0.05) is 6.07 Å². The fraction of sp³-hybridized carbons (Fsp3) is 0.235. The Morgan fingerprint density at radius 3 is 2.04 bits per heavy atom. The first-order valence-electron chi connectivity index (χ1n) is 6.95. The summed E-state index contributed by atoms with van der Waals surface area (Å²) in [5.41, 5.74) is 6.86. The van der Waals surface area contributed by atoms with Crippen LogP contribution in [-0.2, 0) is 6.61 Å². The average Bonchev–Trinajstić information content (AvgIpc) is 2.59. The number of methoxy groups -OCH3 is 3. The Labute approximate surface area is 135 Å². The minimum Gasteiger partial charge on any atom is -0.496 e. The van der Waals surface area contributed by atoms with E-state index in [2.05, 4.69) is 0 Å². The van der Waals surface area contributed by atoms with Crippen LogP contribution < -0.4 is 24.7 Å². The standard InChI is InChI=1S/C17H20N2O4/c1-20-13-5-4-6-14(21-2)12(13)10-23-15-8-7-11(17(18)19)9-16(15)22-3/h4-9H,10H2,1-3H3,(H3,18,19). The van der Waals surface area contributed by atoms with Crippen molar-refractivity contribution in [1.29, 1.82) is 5.41 Å². The molecule has 3 N–H and O–H groups in total. The summed E-state index contributed by atoms with van der Waals surface area (Å²) in [6.45, 7) is 0.253. The van der Waals surface area contributed by atoms with Crippen LogP contribution in [0.25, 0.3) is 0 Å². The maximum Gasteiger partial charge on any atom is 0.161 e. The number of nitrogens with two attached hydrogens (primary N) is 1. The van der Waals surface area contributed by atoms with Crippen LogP contribution in [0.5, 0.6) is 23.0 Å². The smallest absolute Gasteiger partial charge is 0.161 e. The Balaban J connectivity index is 2.26. The molecule has 0 radical (unpaired) electrons. The van der Waals surface area contributed by atoms with Gasteiger partial charge in [-0.15, -0.1) is 0 Å². The quantitative estimate of drug-likeness (QED) is 0.605. The Bertz CT molecular complexity index is 679. The first-order valence-corrected chi connectivity index (χ1v) is 6.95. The molecule has 0 heterocycles. The van der Waals surface area contributed by atoms with Crippen molar-refractivity contribution in [2.45, 2.75) is 6.61 Å². The van der Waals surface area contributed by atoms with Gasteiger partial charge >= 0.3 is 0 Å². The van der Waals surface area contributed by atoms with Gasteiger partial charge in [0.25, 0.3) is 0 Å². The van der Waals surface area contributed by atoms with Crippen molar-refractivity contribution in [2.75, 3.05) is 21.3 Å². The zero-order valence-electron chi connectivity index (χ0n) is 13.4. The molecule has 0 amide bonds. The number of ether oxygens (including phenoxy) is 4. The first kappa shape index (κ1) is 16.5. The number of hydrogen-bond donors (Lipinski definition) is 2. The lowest BCUT2D eigenvalue weighted by molar-refractivity contribution is 0.270. The van der Waals surface area contributed by atoms with Gasteiger partial charge in [-0.3, -0.25) is 5.41 Å². The maximum atomic E-state index is 7.47. The van der Waals surface area contributed by atoms with Crippen LogP contribution in [0.1, 0.15) is 11.1 Å². The summed E-state index contributed by atoms with van der Waals surface area (Å²) in [5, 5.41) is 7.47. The largest absolute Gasteiger partial charge is 0.496 e. The van der Waals surface area contributed by atoms with E-state index in [1.165, 1.54) is 7.11 Å². The van der Waals surface area contributed by atoms with Crippen molar-refractivity contribution in [1.82, 2.24) is 0 Å². The Morgan fingerprint density at radius 1 is 0.913 bits per heavy atom. The highest BCUT2D eigenvalue weighted by Crippen LogP contribution is 2.33. The molecule has 0 unspecified atom stereocenters. The fourth-order valence-corrected chi connectivity index (χ4v) is 2.17. The van der Waals surface area contributed by atoms with Crippen LogP contribution in [0.3, 0.4) is 0 Å². The molecular weight excluding hydrogens is 296 g/mol. The zero-order chi connectivity index (χ0) is 16.8. The molecular formula is C17H20N2O4. The molecule has 6 heteroatoms. The molecule has 0 bridgehead atoms. The van der Waals surface area contributed by atoms with E-state index in [1.54, 1.807) is 32.4 Å². The number of nitrogen functional groups attached to an aromatic ring is 1. The lowest BCUT2D eigenvalue weighted by Gasteiger charge is -2.15. The molecule has 0 aliphatic carbocycles. The van der Waals surface area contributed by atoms with Gasteiger partial charge in [0.2, 0.25) is 0 Å². The van der Waals surface area contributed by atoms with Crippen molar-refractivity contribution < 1.29 is 18.9 Å². The molecule has 0 fully saturated rings. The van der Waals surface area contributed by atoms with E-state index in [4.69, 9.17) is 30.1 Å². The van der Waals surface area contributed by atoms with Gasteiger partial charge in [-0.2, -0.15) is 0 Å². The van der Waals surface area contributed by atoms with Crippen molar-refractivity contribution in [3.8, 4) is 23.0 Å². The Hall–Kier alpha value is -2.89. The summed E-state index contributed by atoms with van der Waals surface area (Å²) < 4.78 is 21.8. The summed E-state index contributed by atoms with van der Waals surface area (Å²) >= 11 is 0. The molecule has 2 rings (SSSR count). The van der Waals surface area contributed by atoms with Gasteiger partial charge in [0.05, 0.1) is 26.9 Å². The SMILES string of the molecule is COc1cc(C(=N)N)ccc1OCc1c(OC)cccc1OC. The average molecular weight is 316 g/mol. The Kier molecular flexibility index (Phi) is 5.30. The van der Waals surface area contributed by atoms with Crippen LogP contribution >= 0.6 is 0 Å². The normalized spacial score (nSPS) is 10.0. The highest BCUT2D eigenvalue weighted by atomic mass is 16.5. The maximum absolute atomic E-state index is 7.47. The third-order valence-electron chi connectivity index (χ3n) is 3.38. The number of hydrogen-bond acceptors (Lipinski definition) is 5. The van der Waals surface area contributed by atoms with Gasteiger partial charge in [0, 0.05) is 5.56 Å². The van der Waals surface area contributed by atoms with Gasteiger partial charge in [0.15, 0.2) is 11.5 Å². The van der Waals surface area contributed by atoms with Crippen LogP contribution in [0.2, 0.25) is 0 Å². The summed E-state index contributed by atoms with van der Waals surface area (Å²) in [7, 11) is 4.73. The third-order valence-corrected chi connectivity index (χ3v) is 3.38. The molecule has 0 aliphatic heterocycles. The topological polar surface area (TPSA) is 86.8 Å². The predicted octanol–water partition coefficient (Wildman–Crippen LogP) is 2.58. The molecule has 0 atom stereocenters. The minimum atomic E-state index is -0.0266. The van der Waals surface area contributed by atoms with E-state index in [1.807, 2.05) is 18.2 Å². The summed E-state index contributed by atoms with van der Waals surface area (Å²) in [4.78, 5) is 0. The second kappa shape index (κ2) is 7.40. The van der Waals surface area contributed by atoms with Crippen molar-refractivity contribution in [3.63, 3.8) is 0 Å². The van der Waals surface area contributed by atoms with Gasteiger partial charge < -0.3 is 24.7 Å². The summed E-state index contributed by atoms with van der Waals surface area (Å²) in [6, 6.07) is 10.6. The van der Waals surface area contributed by atoms with Crippen LogP contribution in [-0.4, -0.2) is 27.2 Å². The summed E-state index contributed by atoms with van der Waals surface area (Å²) in [6.07, 6.45) is 0. The fourth-order valence-electron chi connectivity index (χ4n) is 2.17. The third kappa shape index (κ3) is 3.66. The molecule has 0 saturated carbocycles. The minimum absolute atomic E-state index is 0.0266. The molecule has 0 saturated heterocycles.